The van der Waals surface area contributed by atoms with E-state index in [0.717, 1.165) is 0 Å². The van der Waals surface area contributed by atoms with Crippen LogP contribution in [0.2, 0.25) is 0 Å². The first kappa shape index (κ1) is 21.9. The summed E-state index contributed by atoms with van der Waals surface area (Å²) in [5, 5.41) is 8.09. The van der Waals surface area contributed by atoms with Gasteiger partial charge >= 0.3 is 0 Å². The highest BCUT2D eigenvalue weighted by Gasteiger charge is 2.19. The number of para-hydroxylation sites is 2. The summed E-state index contributed by atoms with van der Waals surface area (Å²) in [5.74, 6) is 1.05. The first-order chi connectivity index (χ1) is 16.0. The number of nitrogens with one attached hydrogen (secondary N) is 1. The minimum atomic E-state index is -0.470. The SMILES string of the molecule is CCOc1ccccc1NC(=O)c1nn(-c2cc(OC)cc(OC)c2)c(=O)c2ccccc12. The Morgan fingerprint density at radius 2 is 1.58 bits per heavy atom. The Morgan fingerprint density at radius 1 is 0.939 bits per heavy atom. The average molecular weight is 445 g/mol. The zero-order chi connectivity index (χ0) is 23.4. The van der Waals surface area contributed by atoms with E-state index in [1.807, 2.05) is 13.0 Å². The minimum absolute atomic E-state index is 0.0956. The van der Waals surface area contributed by atoms with E-state index in [1.54, 1.807) is 60.7 Å². The highest BCUT2D eigenvalue weighted by atomic mass is 16.5. The van der Waals surface area contributed by atoms with Crippen molar-refractivity contribution in [1.29, 1.82) is 0 Å². The zero-order valence-electron chi connectivity index (χ0n) is 18.5. The van der Waals surface area contributed by atoms with Crippen molar-refractivity contribution in [2.45, 2.75) is 6.92 Å². The summed E-state index contributed by atoms with van der Waals surface area (Å²) in [6.45, 7) is 2.32. The lowest BCUT2D eigenvalue weighted by Crippen LogP contribution is -2.26. The van der Waals surface area contributed by atoms with E-state index < -0.39 is 5.91 Å². The molecule has 0 fully saturated rings. The first-order valence-corrected chi connectivity index (χ1v) is 10.3. The van der Waals surface area contributed by atoms with Gasteiger partial charge in [-0.15, -0.1) is 0 Å². The molecule has 0 spiro atoms. The number of carbonyl (C=O) groups excluding carboxylic acids is 1. The number of methoxy groups -OCH3 is 2. The van der Waals surface area contributed by atoms with Crippen LogP contribution >= 0.6 is 0 Å². The van der Waals surface area contributed by atoms with Gasteiger partial charge in [-0.3, -0.25) is 9.59 Å². The first-order valence-electron chi connectivity index (χ1n) is 10.3. The number of carbonyl (C=O) groups is 1. The van der Waals surface area contributed by atoms with E-state index in [9.17, 15) is 9.59 Å². The molecule has 0 saturated heterocycles. The van der Waals surface area contributed by atoms with Crippen LogP contribution in [0.25, 0.3) is 16.5 Å². The number of nitrogens with zero attached hydrogens (tertiary/aromatic N) is 2. The topological polar surface area (TPSA) is 91.7 Å². The second kappa shape index (κ2) is 9.44. The molecule has 0 bridgehead atoms. The molecule has 33 heavy (non-hydrogen) atoms. The van der Waals surface area contributed by atoms with Gasteiger partial charge in [-0.1, -0.05) is 30.3 Å². The molecule has 0 unspecified atom stereocenters. The predicted molar refractivity (Wildman–Crippen MR) is 126 cm³/mol. The highest BCUT2D eigenvalue weighted by molar-refractivity contribution is 6.11. The van der Waals surface area contributed by atoms with Crippen LogP contribution in [0, 0.1) is 0 Å². The fourth-order valence-corrected chi connectivity index (χ4v) is 3.48. The number of ether oxygens (including phenoxy) is 3. The van der Waals surface area contributed by atoms with Crippen LogP contribution in [0.5, 0.6) is 17.2 Å². The number of anilines is 1. The Labute approximate surface area is 190 Å². The summed E-state index contributed by atoms with van der Waals surface area (Å²) in [4.78, 5) is 26.6. The van der Waals surface area contributed by atoms with Crippen molar-refractivity contribution >= 4 is 22.4 Å². The van der Waals surface area contributed by atoms with Crippen LogP contribution in [0.4, 0.5) is 5.69 Å². The van der Waals surface area contributed by atoms with E-state index in [2.05, 4.69) is 10.4 Å². The molecule has 1 aromatic heterocycles. The fraction of sp³-hybridized carbons (Fsp3) is 0.160. The normalized spacial score (nSPS) is 10.6. The molecular weight excluding hydrogens is 422 g/mol. The van der Waals surface area contributed by atoms with Gasteiger partial charge < -0.3 is 19.5 Å². The molecule has 1 heterocycles. The molecule has 1 N–H and O–H groups in total. The largest absolute Gasteiger partial charge is 0.497 e. The number of benzene rings is 3. The molecule has 0 atom stereocenters. The molecule has 0 radical (unpaired) electrons. The van der Waals surface area contributed by atoms with Gasteiger partial charge in [0.05, 0.1) is 37.6 Å². The summed E-state index contributed by atoms with van der Waals surface area (Å²) >= 11 is 0. The van der Waals surface area contributed by atoms with Gasteiger partial charge in [0.25, 0.3) is 11.5 Å². The maximum atomic E-state index is 13.3. The van der Waals surface area contributed by atoms with Gasteiger partial charge in [-0.25, -0.2) is 0 Å². The van der Waals surface area contributed by atoms with Crippen LogP contribution in [0.1, 0.15) is 17.4 Å². The van der Waals surface area contributed by atoms with Crippen molar-refractivity contribution in [2.24, 2.45) is 0 Å². The van der Waals surface area contributed by atoms with Gasteiger partial charge in [0, 0.05) is 23.6 Å². The van der Waals surface area contributed by atoms with Crippen molar-refractivity contribution < 1.29 is 19.0 Å². The van der Waals surface area contributed by atoms with Gasteiger partial charge in [0.15, 0.2) is 5.69 Å². The molecule has 3 aromatic carbocycles. The lowest BCUT2D eigenvalue weighted by Gasteiger charge is -2.14. The molecule has 0 saturated carbocycles. The fourth-order valence-electron chi connectivity index (χ4n) is 3.48. The maximum Gasteiger partial charge on any atom is 0.279 e. The summed E-state index contributed by atoms with van der Waals surface area (Å²) in [7, 11) is 3.04. The highest BCUT2D eigenvalue weighted by Crippen LogP contribution is 2.27. The zero-order valence-corrected chi connectivity index (χ0v) is 18.5. The molecule has 8 heteroatoms. The van der Waals surface area contributed by atoms with E-state index in [4.69, 9.17) is 14.2 Å². The van der Waals surface area contributed by atoms with Crippen LogP contribution < -0.4 is 25.1 Å². The predicted octanol–water partition coefficient (Wildman–Crippen LogP) is 4.05. The quantitative estimate of drug-likeness (QED) is 0.461. The lowest BCUT2D eigenvalue weighted by atomic mass is 10.1. The van der Waals surface area contributed by atoms with E-state index in [-0.39, 0.29) is 11.3 Å². The van der Waals surface area contributed by atoms with Crippen molar-refractivity contribution in [3.8, 4) is 22.9 Å². The van der Waals surface area contributed by atoms with Crippen LogP contribution in [0.15, 0.2) is 71.5 Å². The second-order valence-electron chi connectivity index (χ2n) is 7.07. The third kappa shape index (κ3) is 4.36. The van der Waals surface area contributed by atoms with Crippen LogP contribution in [-0.4, -0.2) is 36.5 Å². The van der Waals surface area contributed by atoms with Crippen LogP contribution in [0.3, 0.4) is 0 Å². The van der Waals surface area contributed by atoms with Crippen LogP contribution in [-0.2, 0) is 0 Å². The number of hydrogen-bond acceptors (Lipinski definition) is 6. The third-order valence-electron chi connectivity index (χ3n) is 5.04. The molecule has 1 amide bonds. The molecule has 168 valence electrons. The van der Waals surface area contributed by atoms with E-state index in [0.29, 0.717) is 46.0 Å². The van der Waals surface area contributed by atoms with Gasteiger partial charge in [-0.2, -0.15) is 9.78 Å². The molecule has 0 aliphatic carbocycles. The van der Waals surface area contributed by atoms with Crippen molar-refractivity contribution in [2.75, 3.05) is 26.1 Å². The Balaban J connectivity index is 1.87. The number of rotatable bonds is 7. The second-order valence-corrected chi connectivity index (χ2v) is 7.07. The molecule has 0 aliphatic rings. The van der Waals surface area contributed by atoms with E-state index in [1.165, 1.54) is 18.9 Å². The Kier molecular flexibility index (Phi) is 6.26. The lowest BCUT2D eigenvalue weighted by molar-refractivity contribution is 0.102. The van der Waals surface area contributed by atoms with Gasteiger partial charge in [0.1, 0.15) is 17.2 Å². The summed E-state index contributed by atoms with van der Waals surface area (Å²) in [5.41, 5.74) is 0.646. The van der Waals surface area contributed by atoms with E-state index >= 15 is 0 Å². The number of fused-ring (bicyclic) bond motifs is 1. The summed E-state index contributed by atoms with van der Waals surface area (Å²) in [6.07, 6.45) is 0. The maximum absolute atomic E-state index is 13.3. The van der Waals surface area contributed by atoms with Crippen molar-refractivity contribution in [3.05, 3.63) is 82.8 Å². The van der Waals surface area contributed by atoms with Crippen molar-refractivity contribution in [3.63, 3.8) is 0 Å². The Hall–Kier alpha value is -4.33. The standard InChI is InChI=1S/C25H23N3O5/c1-4-33-22-12-8-7-11-21(22)26-24(29)23-19-9-5-6-10-20(19)25(30)28(27-23)16-13-17(31-2)15-18(14-16)32-3/h5-15H,4H2,1-3H3,(H,26,29). The minimum Gasteiger partial charge on any atom is -0.497 e. The average Bonchev–Trinajstić information content (AvgIpc) is 2.85. The number of hydrogen-bond donors (Lipinski definition) is 1. The Bertz CT molecular complexity index is 1360. The van der Waals surface area contributed by atoms with Gasteiger partial charge in [-0.05, 0) is 25.1 Å². The smallest absolute Gasteiger partial charge is 0.279 e. The molecular formula is C25H23N3O5. The monoisotopic (exact) mass is 445 g/mol. The Morgan fingerprint density at radius 3 is 2.24 bits per heavy atom. The summed E-state index contributed by atoms with van der Waals surface area (Å²) < 4.78 is 17.4. The third-order valence-corrected chi connectivity index (χ3v) is 5.04. The molecule has 4 rings (SSSR count). The molecule has 4 aromatic rings. The molecule has 0 aliphatic heterocycles. The summed E-state index contributed by atoms with van der Waals surface area (Å²) in [6, 6.07) is 19.0. The van der Waals surface area contributed by atoms with Gasteiger partial charge in [0.2, 0.25) is 0 Å². The number of aromatic nitrogens is 2. The van der Waals surface area contributed by atoms with Crippen molar-refractivity contribution in [1.82, 2.24) is 9.78 Å². The number of amides is 1. The molecule has 8 nitrogen and oxygen atoms in total.